The number of nitrogens with zero attached hydrogens (tertiary/aromatic N) is 1. The maximum absolute atomic E-state index is 10.9. The van der Waals surface area contributed by atoms with Crippen molar-refractivity contribution in [3.8, 4) is 11.5 Å². The lowest BCUT2D eigenvalue weighted by Gasteiger charge is -2.12. The van der Waals surface area contributed by atoms with E-state index in [0.29, 0.717) is 24.7 Å². The van der Waals surface area contributed by atoms with Crippen LogP contribution in [0.25, 0.3) is 0 Å². The molecule has 0 saturated heterocycles. The third-order valence-corrected chi connectivity index (χ3v) is 2.56. The Morgan fingerprint density at radius 2 is 1.74 bits per heavy atom. The summed E-state index contributed by atoms with van der Waals surface area (Å²) in [7, 11) is 0. The monoisotopic (exact) mass is 267 g/mol. The average molecular weight is 267 g/mol. The van der Waals surface area contributed by atoms with Crippen LogP contribution in [-0.2, 0) is 0 Å². The highest BCUT2D eigenvalue weighted by atomic mass is 16.5. The van der Waals surface area contributed by atoms with Crippen molar-refractivity contribution in [1.82, 2.24) is 4.98 Å². The van der Waals surface area contributed by atoms with Crippen LogP contribution in [0.4, 0.5) is 0 Å². The molecule has 5 nitrogen and oxygen atoms in total. The van der Waals surface area contributed by atoms with Crippen molar-refractivity contribution < 1.29 is 19.4 Å². The molecule has 0 bridgehead atoms. The molecule has 1 N–H and O–H groups in total. The van der Waals surface area contributed by atoms with E-state index in [1.165, 1.54) is 12.3 Å². The van der Waals surface area contributed by atoms with Crippen LogP contribution < -0.4 is 9.47 Å². The fraction of sp³-hybridized carbons (Fsp3) is 0.571. The van der Waals surface area contributed by atoms with Crippen LogP contribution in [0.5, 0.6) is 11.5 Å². The molecule has 0 amide bonds. The maximum Gasteiger partial charge on any atom is 0.354 e. The number of hydrogen-bond acceptors (Lipinski definition) is 4. The molecule has 1 aromatic rings. The Balaban J connectivity index is 2.78. The van der Waals surface area contributed by atoms with Gasteiger partial charge in [-0.3, -0.25) is 0 Å². The number of carbonyl (C=O) groups is 1. The number of ether oxygens (including phenoxy) is 2. The molecule has 1 rings (SSSR count). The van der Waals surface area contributed by atoms with E-state index in [0.717, 1.165) is 25.7 Å². The molecule has 5 heteroatoms. The molecule has 0 spiro atoms. The number of carboxylic acid groups (broad SMARTS) is 1. The van der Waals surface area contributed by atoms with Crippen molar-refractivity contribution in [3.63, 3.8) is 0 Å². The molecule has 0 saturated carbocycles. The number of pyridine rings is 1. The normalized spacial score (nSPS) is 10.2. The third-order valence-electron chi connectivity index (χ3n) is 2.56. The zero-order valence-corrected chi connectivity index (χ0v) is 11.5. The zero-order chi connectivity index (χ0) is 14.1. The van der Waals surface area contributed by atoms with Crippen molar-refractivity contribution in [2.45, 2.75) is 39.5 Å². The van der Waals surface area contributed by atoms with Crippen molar-refractivity contribution in [2.24, 2.45) is 0 Å². The van der Waals surface area contributed by atoms with E-state index in [9.17, 15) is 4.79 Å². The molecule has 1 heterocycles. The van der Waals surface area contributed by atoms with Gasteiger partial charge in [-0.05, 0) is 12.8 Å². The Kier molecular flexibility index (Phi) is 6.71. The molecule has 0 aliphatic carbocycles. The van der Waals surface area contributed by atoms with Crippen LogP contribution >= 0.6 is 0 Å². The summed E-state index contributed by atoms with van der Waals surface area (Å²) >= 11 is 0. The Morgan fingerprint density at radius 1 is 1.16 bits per heavy atom. The van der Waals surface area contributed by atoms with Gasteiger partial charge in [-0.2, -0.15) is 0 Å². The first-order valence-electron chi connectivity index (χ1n) is 6.68. The van der Waals surface area contributed by atoms with Gasteiger partial charge in [0, 0.05) is 6.07 Å². The summed E-state index contributed by atoms with van der Waals surface area (Å²) in [5.41, 5.74) is -0.0330. The van der Waals surface area contributed by atoms with Gasteiger partial charge in [0.2, 0.25) is 0 Å². The van der Waals surface area contributed by atoms with Crippen LogP contribution in [0.2, 0.25) is 0 Å². The van der Waals surface area contributed by atoms with Gasteiger partial charge in [0.05, 0.1) is 19.4 Å². The number of rotatable bonds is 9. The number of unbranched alkanes of at least 4 members (excludes halogenated alkanes) is 2. The zero-order valence-electron chi connectivity index (χ0n) is 11.5. The molecule has 19 heavy (non-hydrogen) atoms. The van der Waals surface area contributed by atoms with Gasteiger partial charge in [-0.1, -0.05) is 26.7 Å². The Morgan fingerprint density at radius 3 is 2.26 bits per heavy atom. The number of aromatic nitrogens is 1. The number of carboxylic acids is 1. The first kappa shape index (κ1) is 15.3. The predicted molar refractivity (Wildman–Crippen MR) is 72.0 cm³/mol. The minimum Gasteiger partial charge on any atom is -0.490 e. The summed E-state index contributed by atoms with van der Waals surface area (Å²) in [5.74, 6) is -0.105. The van der Waals surface area contributed by atoms with Crippen LogP contribution in [0, 0.1) is 0 Å². The molecule has 0 aliphatic heterocycles. The molecule has 106 valence electrons. The maximum atomic E-state index is 10.9. The molecule has 0 aliphatic rings. The van der Waals surface area contributed by atoms with Crippen LogP contribution in [0.1, 0.15) is 50.0 Å². The van der Waals surface area contributed by atoms with Gasteiger partial charge < -0.3 is 14.6 Å². The first-order valence-corrected chi connectivity index (χ1v) is 6.68. The number of hydrogen-bond donors (Lipinski definition) is 1. The Bertz CT molecular complexity index is 406. The molecular formula is C14H21NO4. The Labute approximate surface area is 113 Å². The van der Waals surface area contributed by atoms with Gasteiger partial charge in [-0.15, -0.1) is 0 Å². The second kappa shape index (κ2) is 8.34. The van der Waals surface area contributed by atoms with E-state index in [-0.39, 0.29) is 5.69 Å². The fourth-order valence-corrected chi connectivity index (χ4v) is 1.42. The van der Waals surface area contributed by atoms with E-state index in [2.05, 4.69) is 18.8 Å². The highest BCUT2D eigenvalue weighted by molar-refractivity contribution is 5.86. The Hall–Kier alpha value is -1.78. The molecule has 1 aromatic heterocycles. The van der Waals surface area contributed by atoms with Crippen molar-refractivity contribution in [2.75, 3.05) is 13.2 Å². The van der Waals surface area contributed by atoms with Gasteiger partial charge in [-0.25, -0.2) is 9.78 Å². The summed E-state index contributed by atoms with van der Waals surface area (Å²) in [6.45, 7) is 5.27. The van der Waals surface area contributed by atoms with Crippen LogP contribution in [0.3, 0.4) is 0 Å². The summed E-state index contributed by atoms with van der Waals surface area (Å²) in [4.78, 5) is 14.7. The van der Waals surface area contributed by atoms with E-state index >= 15 is 0 Å². The lowest BCUT2D eigenvalue weighted by molar-refractivity contribution is 0.0689. The standard InChI is InChI=1S/C14H21NO4/c1-3-5-7-18-12-9-11(14(16)17)15-10-13(12)19-8-6-4-2/h9-10H,3-8H2,1-2H3,(H,16,17). The summed E-state index contributed by atoms with van der Waals surface area (Å²) in [6.07, 6.45) is 5.32. The highest BCUT2D eigenvalue weighted by Crippen LogP contribution is 2.27. The molecule has 0 aromatic carbocycles. The van der Waals surface area contributed by atoms with Crippen molar-refractivity contribution >= 4 is 5.97 Å². The van der Waals surface area contributed by atoms with Gasteiger partial charge in [0.25, 0.3) is 0 Å². The van der Waals surface area contributed by atoms with Crippen LogP contribution in [0.15, 0.2) is 12.3 Å². The van der Waals surface area contributed by atoms with Crippen LogP contribution in [-0.4, -0.2) is 29.3 Å². The second-order valence-electron chi connectivity index (χ2n) is 4.23. The predicted octanol–water partition coefficient (Wildman–Crippen LogP) is 3.14. The van der Waals surface area contributed by atoms with E-state index in [4.69, 9.17) is 14.6 Å². The van der Waals surface area contributed by atoms with Gasteiger partial charge >= 0.3 is 5.97 Å². The highest BCUT2D eigenvalue weighted by Gasteiger charge is 2.12. The molecule has 0 fully saturated rings. The quantitative estimate of drug-likeness (QED) is 0.696. The minimum absolute atomic E-state index is 0.0330. The molecular weight excluding hydrogens is 246 g/mol. The molecule has 0 unspecified atom stereocenters. The van der Waals surface area contributed by atoms with Crippen molar-refractivity contribution in [1.29, 1.82) is 0 Å². The smallest absolute Gasteiger partial charge is 0.354 e. The molecule has 0 atom stereocenters. The van der Waals surface area contributed by atoms with E-state index in [1.807, 2.05) is 0 Å². The average Bonchev–Trinajstić information content (AvgIpc) is 2.40. The number of aromatic carboxylic acids is 1. The SMILES string of the molecule is CCCCOc1cnc(C(=O)O)cc1OCCCC. The van der Waals surface area contributed by atoms with Gasteiger partial charge in [0.15, 0.2) is 17.2 Å². The molecule has 0 radical (unpaired) electrons. The summed E-state index contributed by atoms with van der Waals surface area (Å²) < 4.78 is 11.1. The van der Waals surface area contributed by atoms with Gasteiger partial charge in [0.1, 0.15) is 0 Å². The lowest BCUT2D eigenvalue weighted by atomic mass is 10.3. The first-order chi connectivity index (χ1) is 9.19. The topological polar surface area (TPSA) is 68.7 Å². The second-order valence-corrected chi connectivity index (χ2v) is 4.23. The van der Waals surface area contributed by atoms with E-state index < -0.39 is 5.97 Å². The summed E-state index contributed by atoms with van der Waals surface area (Å²) in [5, 5.41) is 8.93. The third kappa shape index (κ3) is 5.16. The van der Waals surface area contributed by atoms with Crippen molar-refractivity contribution in [3.05, 3.63) is 18.0 Å². The largest absolute Gasteiger partial charge is 0.490 e. The fourth-order valence-electron chi connectivity index (χ4n) is 1.42. The summed E-state index contributed by atoms with van der Waals surface area (Å²) in [6, 6.07) is 1.42. The van der Waals surface area contributed by atoms with E-state index in [1.54, 1.807) is 0 Å². The minimum atomic E-state index is -1.07. The lowest BCUT2D eigenvalue weighted by Crippen LogP contribution is -2.06.